The van der Waals surface area contributed by atoms with Gasteiger partial charge < -0.3 is 5.32 Å². The molecule has 0 aromatic rings. The predicted molar refractivity (Wildman–Crippen MR) is 62.3 cm³/mol. The lowest BCUT2D eigenvalue weighted by molar-refractivity contribution is 0.345. The Labute approximate surface area is 93.1 Å². The summed E-state index contributed by atoms with van der Waals surface area (Å²) in [6, 6.07) is 0.225. The molecule has 0 heterocycles. The van der Waals surface area contributed by atoms with Crippen LogP contribution >= 0.6 is 0 Å². The van der Waals surface area contributed by atoms with Crippen LogP contribution in [0.3, 0.4) is 0 Å². The summed E-state index contributed by atoms with van der Waals surface area (Å²) in [6.45, 7) is 4.75. The van der Waals surface area contributed by atoms with E-state index in [4.69, 9.17) is 0 Å². The Morgan fingerprint density at radius 1 is 1.40 bits per heavy atom. The van der Waals surface area contributed by atoms with Gasteiger partial charge in [0.05, 0.1) is 5.25 Å². The standard InChI is InChI=1S/C10H22N2O2S/c1-8(2)10(11-3)7-12(4)15(13,14)9-5-6-9/h8-11H,5-7H2,1-4H3/t10-/m1/s1. The highest BCUT2D eigenvalue weighted by atomic mass is 32.2. The molecule has 0 aromatic heterocycles. The molecule has 1 N–H and O–H groups in total. The summed E-state index contributed by atoms with van der Waals surface area (Å²) in [5.74, 6) is 0.437. The number of nitrogens with zero attached hydrogens (tertiary/aromatic N) is 1. The molecule has 0 unspecified atom stereocenters. The summed E-state index contributed by atoms with van der Waals surface area (Å²) in [5, 5.41) is 3.05. The fourth-order valence-electron chi connectivity index (χ4n) is 1.64. The molecule has 90 valence electrons. The molecule has 1 atom stereocenters. The Bertz CT molecular complexity index is 297. The van der Waals surface area contributed by atoms with Gasteiger partial charge in [-0.15, -0.1) is 0 Å². The van der Waals surface area contributed by atoms with Crippen LogP contribution in [-0.2, 0) is 10.0 Å². The van der Waals surface area contributed by atoms with Crippen LogP contribution in [0.5, 0.6) is 0 Å². The quantitative estimate of drug-likeness (QED) is 0.734. The Morgan fingerprint density at radius 2 is 1.93 bits per heavy atom. The second-order valence-electron chi connectivity index (χ2n) is 4.66. The van der Waals surface area contributed by atoms with Gasteiger partial charge in [-0.2, -0.15) is 0 Å². The van der Waals surface area contributed by atoms with Gasteiger partial charge in [-0.25, -0.2) is 12.7 Å². The minimum Gasteiger partial charge on any atom is -0.315 e. The topological polar surface area (TPSA) is 49.4 Å². The molecule has 1 saturated carbocycles. The zero-order valence-corrected chi connectivity index (χ0v) is 10.8. The van der Waals surface area contributed by atoms with E-state index in [1.54, 1.807) is 7.05 Å². The van der Waals surface area contributed by atoms with Gasteiger partial charge in [-0.3, -0.25) is 0 Å². The van der Waals surface area contributed by atoms with Gasteiger partial charge in [-0.05, 0) is 25.8 Å². The Morgan fingerprint density at radius 3 is 2.27 bits per heavy atom. The van der Waals surface area contributed by atoms with Crippen LogP contribution in [0.25, 0.3) is 0 Å². The van der Waals surface area contributed by atoms with Gasteiger partial charge in [0, 0.05) is 19.6 Å². The molecular formula is C10H22N2O2S. The third kappa shape index (κ3) is 3.16. The molecule has 1 aliphatic carbocycles. The second kappa shape index (κ2) is 4.80. The van der Waals surface area contributed by atoms with Gasteiger partial charge >= 0.3 is 0 Å². The van der Waals surface area contributed by atoms with Crippen molar-refractivity contribution in [3.8, 4) is 0 Å². The minimum atomic E-state index is -3.01. The summed E-state index contributed by atoms with van der Waals surface area (Å²) < 4.78 is 25.2. The number of hydrogen-bond donors (Lipinski definition) is 1. The first-order chi connectivity index (χ1) is 6.89. The van der Waals surface area contributed by atoms with Crippen LogP contribution in [0.4, 0.5) is 0 Å². The zero-order chi connectivity index (χ0) is 11.6. The molecule has 0 saturated heterocycles. The second-order valence-corrected chi connectivity index (χ2v) is 6.98. The minimum absolute atomic E-state index is 0.104. The Kier molecular flexibility index (Phi) is 4.14. The van der Waals surface area contributed by atoms with E-state index in [0.29, 0.717) is 12.5 Å². The SMILES string of the molecule is CN[C@H](CN(C)S(=O)(=O)C1CC1)C(C)C. The van der Waals surface area contributed by atoms with Gasteiger partial charge in [0.15, 0.2) is 0 Å². The lowest BCUT2D eigenvalue weighted by Crippen LogP contribution is -2.44. The fourth-order valence-corrected chi connectivity index (χ4v) is 3.25. The van der Waals surface area contributed by atoms with Crippen LogP contribution in [0.15, 0.2) is 0 Å². The number of rotatable bonds is 6. The maximum Gasteiger partial charge on any atom is 0.216 e. The molecule has 0 aliphatic heterocycles. The number of likely N-dealkylation sites (N-methyl/N-ethyl adjacent to an activating group) is 2. The molecule has 1 rings (SSSR count). The highest BCUT2D eigenvalue weighted by Gasteiger charge is 2.39. The van der Waals surface area contributed by atoms with Crippen molar-refractivity contribution in [1.82, 2.24) is 9.62 Å². The van der Waals surface area contributed by atoms with Crippen molar-refractivity contribution in [1.29, 1.82) is 0 Å². The van der Waals surface area contributed by atoms with E-state index >= 15 is 0 Å². The first kappa shape index (κ1) is 12.9. The van der Waals surface area contributed by atoms with E-state index in [1.165, 1.54) is 4.31 Å². The summed E-state index contributed by atoms with van der Waals surface area (Å²) in [4.78, 5) is 0. The van der Waals surface area contributed by atoms with Gasteiger partial charge in [0.1, 0.15) is 0 Å². The maximum atomic E-state index is 11.9. The van der Waals surface area contributed by atoms with Gasteiger partial charge in [-0.1, -0.05) is 13.8 Å². The van der Waals surface area contributed by atoms with Crippen LogP contribution in [0.2, 0.25) is 0 Å². The fraction of sp³-hybridized carbons (Fsp3) is 1.00. The van der Waals surface area contributed by atoms with E-state index < -0.39 is 10.0 Å². The summed E-state index contributed by atoms with van der Waals surface area (Å²) in [6.07, 6.45) is 1.66. The average molecular weight is 234 g/mol. The highest BCUT2D eigenvalue weighted by molar-refractivity contribution is 7.90. The summed E-state index contributed by atoms with van der Waals surface area (Å²) >= 11 is 0. The van der Waals surface area contributed by atoms with Crippen molar-refractivity contribution in [3.05, 3.63) is 0 Å². The van der Waals surface area contributed by atoms with Crippen LogP contribution in [0, 0.1) is 5.92 Å². The average Bonchev–Trinajstić information content (AvgIpc) is 2.95. The van der Waals surface area contributed by atoms with E-state index in [9.17, 15) is 8.42 Å². The third-order valence-electron chi connectivity index (χ3n) is 3.01. The molecule has 15 heavy (non-hydrogen) atoms. The van der Waals surface area contributed by atoms with Crippen molar-refractivity contribution in [2.75, 3.05) is 20.6 Å². The van der Waals surface area contributed by atoms with Crippen molar-refractivity contribution >= 4 is 10.0 Å². The lowest BCUT2D eigenvalue weighted by atomic mass is 10.1. The van der Waals surface area contributed by atoms with Gasteiger partial charge in [0.25, 0.3) is 0 Å². The smallest absolute Gasteiger partial charge is 0.216 e. The molecule has 5 heteroatoms. The molecule has 1 fully saturated rings. The molecule has 0 radical (unpaired) electrons. The Hall–Kier alpha value is -0.130. The van der Waals surface area contributed by atoms with E-state index in [0.717, 1.165) is 12.8 Å². The van der Waals surface area contributed by atoms with Crippen molar-refractivity contribution in [3.63, 3.8) is 0 Å². The first-order valence-electron chi connectivity index (χ1n) is 5.52. The Balaban J connectivity index is 2.57. The number of hydrogen-bond acceptors (Lipinski definition) is 3. The van der Waals surface area contributed by atoms with Crippen LogP contribution in [0.1, 0.15) is 26.7 Å². The third-order valence-corrected chi connectivity index (χ3v) is 5.34. The molecule has 0 bridgehead atoms. The molecular weight excluding hydrogens is 212 g/mol. The highest BCUT2D eigenvalue weighted by Crippen LogP contribution is 2.30. The zero-order valence-electron chi connectivity index (χ0n) is 10.0. The van der Waals surface area contributed by atoms with E-state index in [2.05, 4.69) is 19.2 Å². The van der Waals surface area contributed by atoms with Crippen LogP contribution in [-0.4, -0.2) is 44.7 Å². The van der Waals surface area contributed by atoms with Crippen molar-refractivity contribution in [2.24, 2.45) is 5.92 Å². The lowest BCUT2D eigenvalue weighted by Gasteiger charge is -2.26. The molecule has 4 nitrogen and oxygen atoms in total. The number of sulfonamides is 1. The van der Waals surface area contributed by atoms with Crippen molar-refractivity contribution < 1.29 is 8.42 Å². The van der Waals surface area contributed by atoms with Crippen molar-refractivity contribution in [2.45, 2.75) is 38.0 Å². The molecule has 0 amide bonds. The molecule has 0 spiro atoms. The van der Waals surface area contributed by atoms with Crippen LogP contribution < -0.4 is 5.32 Å². The normalized spacial score (nSPS) is 19.9. The van der Waals surface area contributed by atoms with Gasteiger partial charge in [0.2, 0.25) is 10.0 Å². The monoisotopic (exact) mass is 234 g/mol. The summed E-state index contributed by atoms with van der Waals surface area (Å²) in [5.41, 5.74) is 0. The predicted octanol–water partition coefficient (Wildman–Crippen LogP) is 0.654. The molecule has 1 aliphatic rings. The number of nitrogens with one attached hydrogen (secondary N) is 1. The largest absolute Gasteiger partial charge is 0.315 e. The first-order valence-corrected chi connectivity index (χ1v) is 7.02. The van der Waals surface area contributed by atoms with E-state index in [-0.39, 0.29) is 11.3 Å². The van der Waals surface area contributed by atoms with E-state index in [1.807, 2.05) is 7.05 Å². The maximum absolute atomic E-state index is 11.9. The summed E-state index contributed by atoms with van der Waals surface area (Å²) in [7, 11) is 0.547. The molecule has 0 aromatic carbocycles.